The minimum atomic E-state index is -0.371. The first kappa shape index (κ1) is 17.4. The number of nitrogens with zero attached hydrogens (tertiary/aromatic N) is 2. The quantitative estimate of drug-likeness (QED) is 0.929. The van der Waals surface area contributed by atoms with E-state index < -0.39 is 0 Å². The predicted octanol–water partition coefficient (Wildman–Crippen LogP) is 3.13. The molecule has 1 aromatic heterocycles. The van der Waals surface area contributed by atoms with Crippen molar-refractivity contribution in [2.45, 2.75) is 64.8 Å². The monoisotopic (exact) mass is 323 g/mol. The second-order valence-corrected chi connectivity index (χ2v) is 8.58. The van der Waals surface area contributed by atoms with Crippen LogP contribution in [-0.2, 0) is 10.2 Å². The molecule has 1 fully saturated rings. The molecule has 1 saturated heterocycles. The summed E-state index contributed by atoms with van der Waals surface area (Å²) < 4.78 is 0. The number of carbonyl (C=O) groups is 1. The lowest BCUT2D eigenvalue weighted by atomic mass is 9.92. The fourth-order valence-corrected chi connectivity index (χ4v) is 3.88. The molecular formula is C17H29N3OS. The van der Waals surface area contributed by atoms with Crippen LogP contribution >= 0.6 is 11.3 Å². The Morgan fingerprint density at radius 2 is 1.95 bits per heavy atom. The van der Waals surface area contributed by atoms with E-state index in [1.807, 2.05) is 18.7 Å². The molecule has 0 aliphatic carbocycles. The summed E-state index contributed by atoms with van der Waals surface area (Å²) in [5.74, 6) is 0.780. The molecular weight excluding hydrogens is 294 g/mol. The van der Waals surface area contributed by atoms with Crippen LogP contribution in [0.4, 0.5) is 0 Å². The molecule has 0 aromatic carbocycles. The molecule has 1 aromatic rings. The van der Waals surface area contributed by atoms with Crippen LogP contribution in [0.5, 0.6) is 0 Å². The second-order valence-electron chi connectivity index (χ2n) is 7.69. The van der Waals surface area contributed by atoms with Gasteiger partial charge >= 0.3 is 0 Å². The Labute approximate surface area is 138 Å². The zero-order valence-electron chi connectivity index (χ0n) is 14.4. The van der Waals surface area contributed by atoms with Crippen LogP contribution < -0.4 is 5.73 Å². The van der Waals surface area contributed by atoms with E-state index in [4.69, 9.17) is 10.7 Å². The highest BCUT2D eigenvalue weighted by atomic mass is 32.1. The number of piperidine rings is 1. The third-order valence-corrected chi connectivity index (χ3v) is 5.46. The maximum atomic E-state index is 12.3. The number of hydrogen-bond acceptors (Lipinski definition) is 4. The van der Waals surface area contributed by atoms with Crippen LogP contribution in [0.3, 0.4) is 0 Å². The third kappa shape index (κ3) is 3.87. The van der Waals surface area contributed by atoms with Crippen LogP contribution in [0.15, 0.2) is 5.38 Å². The van der Waals surface area contributed by atoms with Gasteiger partial charge in [-0.2, -0.15) is 0 Å². The van der Waals surface area contributed by atoms with Gasteiger partial charge in [-0.15, -0.1) is 11.3 Å². The summed E-state index contributed by atoms with van der Waals surface area (Å²) in [6, 6.07) is -0.371. The Morgan fingerprint density at radius 1 is 1.36 bits per heavy atom. The maximum absolute atomic E-state index is 12.3. The molecule has 1 aliphatic rings. The number of aromatic nitrogens is 1. The molecule has 2 N–H and O–H groups in total. The molecule has 1 amide bonds. The Morgan fingerprint density at radius 3 is 2.41 bits per heavy atom. The molecule has 0 radical (unpaired) electrons. The van der Waals surface area contributed by atoms with Gasteiger partial charge in [-0.05, 0) is 18.8 Å². The van der Waals surface area contributed by atoms with Crippen molar-refractivity contribution in [3.63, 3.8) is 0 Å². The number of nitrogens with two attached hydrogens (primary N) is 1. The molecule has 0 unspecified atom stereocenters. The van der Waals surface area contributed by atoms with E-state index in [0.717, 1.165) is 25.9 Å². The van der Waals surface area contributed by atoms with Gasteiger partial charge in [-0.3, -0.25) is 4.79 Å². The van der Waals surface area contributed by atoms with Crippen LogP contribution in [0, 0.1) is 5.92 Å². The lowest BCUT2D eigenvalue weighted by Gasteiger charge is -2.33. The molecule has 124 valence electrons. The SMILES string of the molecule is CC(C)[C@H](N)C(=O)N1CCC(c2nc(C(C)(C)C)cs2)CC1. The van der Waals surface area contributed by atoms with Crippen LogP contribution in [0.25, 0.3) is 0 Å². The number of carbonyl (C=O) groups excluding carboxylic acids is 1. The molecule has 1 atom stereocenters. The van der Waals surface area contributed by atoms with Crippen LogP contribution in [0.2, 0.25) is 0 Å². The molecule has 0 spiro atoms. The average Bonchev–Trinajstić information content (AvgIpc) is 2.95. The van der Waals surface area contributed by atoms with Crippen molar-refractivity contribution in [3.8, 4) is 0 Å². The molecule has 22 heavy (non-hydrogen) atoms. The second kappa shape index (κ2) is 6.67. The Hall–Kier alpha value is -0.940. The van der Waals surface area contributed by atoms with E-state index in [0.29, 0.717) is 5.92 Å². The summed E-state index contributed by atoms with van der Waals surface area (Å²) >= 11 is 1.76. The van der Waals surface area contributed by atoms with Crippen molar-refractivity contribution < 1.29 is 4.79 Å². The van der Waals surface area contributed by atoms with Crippen molar-refractivity contribution in [3.05, 3.63) is 16.1 Å². The van der Waals surface area contributed by atoms with Gasteiger partial charge < -0.3 is 10.6 Å². The lowest BCUT2D eigenvalue weighted by molar-refractivity contribution is -0.134. The number of thiazole rings is 1. The molecule has 0 saturated carbocycles. The summed E-state index contributed by atoms with van der Waals surface area (Å²) in [5.41, 5.74) is 7.27. The van der Waals surface area contributed by atoms with Gasteiger partial charge in [0.1, 0.15) is 0 Å². The maximum Gasteiger partial charge on any atom is 0.239 e. The van der Waals surface area contributed by atoms with Crippen molar-refractivity contribution in [2.75, 3.05) is 13.1 Å². The Bertz CT molecular complexity index is 510. The smallest absolute Gasteiger partial charge is 0.239 e. The topological polar surface area (TPSA) is 59.2 Å². The fourth-order valence-electron chi connectivity index (χ4n) is 2.66. The number of amides is 1. The number of likely N-dealkylation sites (tertiary alicyclic amines) is 1. The van der Waals surface area contributed by atoms with Crippen molar-refractivity contribution in [1.29, 1.82) is 0 Å². The van der Waals surface area contributed by atoms with Crippen molar-refractivity contribution in [1.82, 2.24) is 9.88 Å². The van der Waals surface area contributed by atoms with Gasteiger partial charge in [0.25, 0.3) is 0 Å². The molecule has 1 aliphatic heterocycles. The number of hydrogen-bond donors (Lipinski definition) is 1. The molecule has 5 heteroatoms. The average molecular weight is 324 g/mol. The summed E-state index contributed by atoms with van der Waals surface area (Å²) in [7, 11) is 0. The van der Waals surface area contributed by atoms with Gasteiger partial charge in [-0.1, -0.05) is 34.6 Å². The summed E-state index contributed by atoms with van der Waals surface area (Å²) in [6.07, 6.45) is 1.99. The van der Waals surface area contributed by atoms with Crippen molar-refractivity contribution >= 4 is 17.2 Å². The van der Waals surface area contributed by atoms with Gasteiger partial charge in [-0.25, -0.2) is 4.98 Å². The zero-order valence-corrected chi connectivity index (χ0v) is 15.2. The van der Waals surface area contributed by atoms with E-state index >= 15 is 0 Å². The minimum absolute atomic E-state index is 0.1000. The normalized spacial score (nSPS) is 18.8. The van der Waals surface area contributed by atoms with Gasteiger partial charge in [0.15, 0.2) is 0 Å². The van der Waals surface area contributed by atoms with Gasteiger partial charge in [0.05, 0.1) is 16.7 Å². The van der Waals surface area contributed by atoms with E-state index in [1.165, 1.54) is 10.7 Å². The minimum Gasteiger partial charge on any atom is -0.341 e. The zero-order chi connectivity index (χ0) is 16.5. The Balaban J connectivity index is 1.95. The molecule has 0 bridgehead atoms. The predicted molar refractivity (Wildman–Crippen MR) is 92.2 cm³/mol. The molecule has 2 heterocycles. The summed E-state index contributed by atoms with van der Waals surface area (Å²) in [4.78, 5) is 19.1. The largest absolute Gasteiger partial charge is 0.341 e. The highest BCUT2D eigenvalue weighted by molar-refractivity contribution is 7.09. The fraction of sp³-hybridized carbons (Fsp3) is 0.765. The molecule has 4 nitrogen and oxygen atoms in total. The first-order chi connectivity index (χ1) is 10.2. The summed E-state index contributed by atoms with van der Waals surface area (Å²) in [6.45, 7) is 12.2. The van der Waals surface area contributed by atoms with Gasteiger partial charge in [0, 0.05) is 29.8 Å². The van der Waals surface area contributed by atoms with E-state index in [2.05, 4.69) is 26.2 Å². The number of rotatable bonds is 3. The van der Waals surface area contributed by atoms with Gasteiger partial charge in [0.2, 0.25) is 5.91 Å². The standard InChI is InChI=1S/C17H29N3OS/c1-11(2)14(18)16(21)20-8-6-12(7-9-20)15-19-13(10-22-15)17(3,4)5/h10-12,14H,6-9,18H2,1-5H3/t14-/m0/s1. The van der Waals surface area contributed by atoms with Crippen molar-refractivity contribution in [2.24, 2.45) is 11.7 Å². The third-order valence-electron chi connectivity index (χ3n) is 4.45. The van der Waals surface area contributed by atoms with E-state index in [9.17, 15) is 4.79 Å². The lowest BCUT2D eigenvalue weighted by Crippen LogP contribution is -2.49. The van der Waals surface area contributed by atoms with Crippen LogP contribution in [-0.4, -0.2) is 34.9 Å². The Kier molecular flexibility index (Phi) is 5.28. The highest BCUT2D eigenvalue weighted by Crippen LogP contribution is 2.33. The highest BCUT2D eigenvalue weighted by Gasteiger charge is 2.30. The molecule has 2 rings (SSSR count). The van der Waals surface area contributed by atoms with Crippen LogP contribution in [0.1, 0.15) is 64.1 Å². The first-order valence-corrected chi connectivity index (χ1v) is 9.08. The van der Waals surface area contributed by atoms with E-state index in [-0.39, 0.29) is 23.3 Å². The first-order valence-electron chi connectivity index (χ1n) is 8.20. The van der Waals surface area contributed by atoms with E-state index in [1.54, 1.807) is 11.3 Å². The summed E-state index contributed by atoms with van der Waals surface area (Å²) in [5, 5.41) is 3.41.